The van der Waals surface area contributed by atoms with E-state index in [0.29, 0.717) is 5.69 Å². The second-order valence-electron chi connectivity index (χ2n) is 2.32. The molecule has 1 aromatic heterocycles. The fraction of sp³-hybridized carbons (Fsp3) is 0. The molecule has 1 N–H and O–H groups in total. The van der Waals surface area contributed by atoms with E-state index in [-0.39, 0.29) is 11.7 Å². The van der Waals surface area contributed by atoms with Crippen LogP contribution in [0.3, 0.4) is 0 Å². The van der Waals surface area contributed by atoms with Gasteiger partial charge in [0.1, 0.15) is 6.08 Å². The van der Waals surface area contributed by atoms with Gasteiger partial charge in [-0.2, -0.15) is 0 Å². The molecule has 1 aliphatic heterocycles. The van der Waals surface area contributed by atoms with E-state index in [4.69, 9.17) is 5.11 Å². The third-order valence-corrected chi connectivity index (χ3v) is 1.62. The lowest BCUT2D eigenvalue weighted by molar-refractivity contribution is -0.598. The summed E-state index contributed by atoms with van der Waals surface area (Å²) < 4.78 is 1.45. The summed E-state index contributed by atoms with van der Waals surface area (Å²) in [4.78, 5) is 11.0. The normalized spacial score (nSPS) is 14.5. The van der Waals surface area contributed by atoms with Gasteiger partial charge in [-0.25, -0.2) is 0 Å². The van der Waals surface area contributed by atoms with Crippen LogP contribution in [-0.4, -0.2) is 10.9 Å². The predicted molar refractivity (Wildman–Crippen MR) is 37.9 cm³/mol. The molecule has 0 bridgehead atoms. The molecule has 2 rings (SSSR count). The number of fused-ring (bicyclic) bond motifs is 1. The molecule has 3 nitrogen and oxygen atoms in total. The lowest BCUT2D eigenvalue weighted by atomic mass is 10.3. The Morgan fingerprint density at radius 3 is 2.91 bits per heavy atom. The number of aromatic nitrogens is 1. The summed E-state index contributed by atoms with van der Waals surface area (Å²) in [5.41, 5.74) is 0.505. The number of carbonyl (C=O) groups excluding carboxylic acids is 1. The summed E-state index contributed by atoms with van der Waals surface area (Å²) in [6.45, 7) is 0. The molecular weight excluding hydrogens is 142 g/mol. The van der Waals surface area contributed by atoms with Crippen LogP contribution >= 0.6 is 0 Å². The molecule has 0 atom stereocenters. The minimum absolute atomic E-state index is 0.00870. The van der Waals surface area contributed by atoms with Crippen molar-refractivity contribution in [2.75, 3.05) is 0 Å². The maximum Gasteiger partial charge on any atom is 0.375 e. The Bertz CT molecular complexity index is 355. The van der Waals surface area contributed by atoms with Crippen LogP contribution in [0.5, 0.6) is 0 Å². The minimum atomic E-state index is -0.150. The first-order valence-corrected chi connectivity index (χ1v) is 3.25. The van der Waals surface area contributed by atoms with Crippen molar-refractivity contribution in [2.24, 2.45) is 0 Å². The van der Waals surface area contributed by atoms with E-state index >= 15 is 0 Å². The van der Waals surface area contributed by atoms with Crippen molar-refractivity contribution in [1.82, 2.24) is 0 Å². The molecular formula is C8H6NO2+. The summed E-state index contributed by atoms with van der Waals surface area (Å²) in [7, 11) is 0. The van der Waals surface area contributed by atoms with E-state index in [1.54, 1.807) is 24.4 Å². The topological polar surface area (TPSA) is 41.2 Å². The van der Waals surface area contributed by atoms with Crippen LogP contribution < -0.4 is 4.57 Å². The summed E-state index contributed by atoms with van der Waals surface area (Å²) >= 11 is 0. The first-order chi connectivity index (χ1) is 5.29. The Hall–Kier alpha value is -1.64. The van der Waals surface area contributed by atoms with Crippen molar-refractivity contribution < 1.29 is 14.5 Å². The Labute approximate surface area is 63.2 Å². The van der Waals surface area contributed by atoms with Gasteiger partial charge in [0.05, 0.1) is 0 Å². The molecule has 3 heteroatoms. The van der Waals surface area contributed by atoms with Crippen LogP contribution in [0.15, 0.2) is 30.5 Å². The van der Waals surface area contributed by atoms with Gasteiger partial charge in [0.15, 0.2) is 6.20 Å². The van der Waals surface area contributed by atoms with Gasteiger partial charge in [-0.3, -0.25) is 4.79 Å². The van der Waals surface area contributed by atoms with Gasteiger partial charge >= 0.3 is 5.88 Å². The van der Waals surface area contributed by atoms with Crippen molar-refractivity contribution in [3.05, 3.63) is 36.2 Å². The SMILES string of the molecule is O=C1C=C(O)[n+]2ccccc21. The van der Waals surface area contributed by atoms with Crippen LogP contribution in [0.1, 0.15) is 10.5 Å². The summed E-state index contributed by atoms with van der Waals surface area (Å²) in [6.07, 6.45) is 2.85. The molecule has 0 aliphatic carbocycles. The summed E-state index contributed by atoms with van der Waals surface area (Å²) in [5.74, 6) is -0.159. The number of aliphatic hydroxyl groups excluding tert-OH is 1. The third-order valence-electron chi connectivity index (χ3n) is 1.62. The molecule has 11 heavy (non-hydrogen) atoms. The number of nitrogens with zero attached hydrogens (tertiary/aromatic N) is 1. The molecule has 0 saturated carbocycles. The number of aliphatic hydroxyl groups is 1. The van der Waals surface area contributed by atoms with Gasteiger partial charge in [-0.15, -0.1) is 4.57 Å². The minimum Gasteiger partial charge on any atom is -0.459 e. The molecule has 0 unspecified atom stereocenters. The highest BCUT2D eigenvalue weighted by atomic mass is 16.3. The Morgan fingerprint density at radius 1 is 1.36 bits per heavy atom. The molecule has 0 saturated heterocycles. The number of rotatable bonds is 0. The molecule has 0 amide bonds. The zero-order valence-corrected chi connectivity index (χ0v) is 5.69. The van der Waals surface area contributed by atoms with Gasteiger partial charge in [-0.1, -0.05) is 0 Å². The lowest BCUT2D eigenvalue weighted by Crippen LogP contribution is -2.33. The Morgan fingerprint density at radius 2 is 2.18 bits per heavy atom. The van der Waals surface area contributed by atoms with E-state index in [1.165, 1.54) is 10.6 Å². The van der Waals surface area contributed by atoms with E-state index in [2.05, 4.69) is 0 Å². The van der Waals surface area contributed by atoms with E-state index < -0.39 is 0 Å². The fourth-order valence-electron chi connectivity index (χ4n) is 1.10. The Balaban J connectivity index is 2.71. The number of hydrogen-bond acceptors (Lipinski definition) is 2. The monoisotopic (exact) mass is 148 g/mol. The number of allylic oxidation sites excluding steroid dienone is 1. The summed E-state index contributed by atoms with van der Waals surface area (Å²) in [5, 5.41) is 9.16. The highest BCUT2D eigenvalue weighted by molar-refractivity contribution is 6.05. The summed E-state index contributed by atoms with van der Waals surface area (Å²) in [6, 6.07) is 5.18. The second-order valence-corrected chi connectivity index (χ2v) is 2.32. The molecule has 2 heterocycles. The number of ketones is 1. The van der Waals surface area contributed by atoms with Crippen molar-refractivity contribution in [2.45, 2.75) is 0 Å². The second kappa shape index (κ2) is 1.92. The van der Waals surface area contributed by atoms with Crippen LogP contribution in [0.4, 0.5) is 0 Å². The zero-order chi connectivity index (χ0) is 7.84. The highest BCUT2D eigenvalue weighted by Gasteiger charge is 2.28. The lowest BCUT2D eigenvalue weighted by Gasteiger charge is -1.88. The van der Waals surface area contributed by atoms with Crippen LogP contribution in [-0.2, 0) is 0 Å². The first kappa shape index (κ1) is 6.09. The van der Waals surface area contributed by atoms with Crippen molar-refractivity contribution in [3.63, 3.8) is 0 Å². The number of pyridine rings is 1. The van der Waals surface area contributed by atoms with Crippen LogP contribution in [0.2, 0.25) is 0 Å². The quantitative estimate of drug-likeness (QED) is 0.545. The highest BCUT2D eigenvalue weighted by Crippen LogP contribution is 2.05. The standard InChI is InChI=1S/C8H5NO2/c10-7-5-8(11)9-4-2-1-3-6(7)9/h1-5H/p+1. The molecule has 0 fully saturated rings. The smallest absolute Gasteiger partial charge is 0.375 e. The molecule has 54 valence electrons. The zero-order valence-electron chi connectivity index (χ0n) is 5.69. The van der Waals surface area contributed by atoms with Gasteiger partial charge in [0.25, 0.3) is 11.5 Å². The van der Waals surface area contributed by atoms with Gasteiger partial charge in [0.2, 0.25) is 0 Å². The van der Waals surface area contributed by atoms with Gasteiger partial charge in [-0.05, 0) is 6.07 Å². The molecule has 1 aliphatic rings. The van der Waals surface area contributed by atoms with E-state index in [9.17, 15) is 4.79 Å². The van der Waals surface area contributed by atoms with E-state index in [0.717, 1.165) is 0 Å². The van der Waals surface area contributed by atoms with Crippen LogP contribution in [0.25, 0.3) is 5.88 Å². The maximum atomic E-state index is 11.0. The van der Waals surface area contributed by atoms with Crippen molar-refractivity contribution in [1.29, 1.82) is 0 Å². The largest absolute Gasteiger partial charge is 0.459 e. The predicted octanol–water partition coefficient (Wildman–Crippen LogP) is 0.527. The number of carbonyl (C=O) groups is 1. The van der Waals surface area contributed by atoms with Gasteiger partial charge < -0.3 is 5.11 Å². The van der Waals surface area contributed by atoms with Crippen LogP contribution in [0, 0.1) is 0 Å². The molecule has 0 aromatic carbocycles. The first-order valence-electron chi connectivity index (χ1n) is 3.25. The van der Waals surface area contributed by atoms with Crippen molar-refractivity contribution >= 4 is 11.7 Å². The average molecular weight is 148 g/mol. The van der Waals surface area contributed by atoms with Gasteiger partial charge in [0, 0.05) is 12.1 Å². The fourth-order valence-corrected chi connectivity index (χ4v) is 1.10. The third kappa shape index (κ3) is 0.741. The van der Waals surface area contributed by atoms with Crippen molar-refractivity contribution in [3.8, 4) is 0 Å². The molecule has 0 spiro atoms. The Kier molecular flexibility index (Phi) is 1.06. The maximum absolute atomic E-state index is 11.0. The molecule has 1 aromatic rings. The molecule has 0 radical (unpaired) electrons. The average Bonchev–Trinajstić information content (AvgIpc) is 2.30. The van der Waals surface area contributed by atoms with E-state index in [1.807, 2.05) is 0 Å². The number of hydrogen-bond donors (Lipinski definition) is 1.